The number of rotatable bonds is 6. The molecule has 102 valence electrons. The average Bonchev–Trinajstić information content (AvgIpc) is 2.12. The molecule has 1 heterocycles. The summed E-state index contributed by atoms with van der Waals surface area (Å²) in [6, 6.07) is 2.20. The Morgan fingerprint density at radius 2 is 1.11 bits per heavy atom. The third kappa shape index (κ3) is 7.55. The topological polar surface area (TPSA) is 25.8 Å². The molecule has 0 atom stereocenters. The van der Waals surface area contributed by atoms with Gasteiger partial charge in [-0.1, -0.05) is 0 Å². The van der Waals surface area contributed by atoms with Gasteiger partial charge in [0.1, 0.15) is 0 Å². The molecule has 0 spiro atoms. The maximum absolute atomic E-state index is 4.71. The first-order valence-corrected chi connectivity index (χ1v) is 25.8. The van der Waals surface area contributed by atoms with Crippen molar-refractivity contribution in [2.24, 2.45) is 0 Å². The summed E-state index contributed by atoms with van der Waals surface area (Å²) in [6.45, 7) is 0. The van der Waals surface area contributed by atoms with Crippen molar-refractivity contribution in [3.8, 4) is 0 Å². The molecule has 0 N–H and O–H groups in total. The van der Waals surface area contributed by atoms with E-state index in [1.165, 1.54) is 10.1 Å². The maximum atomic E-state index is 4.71. The van der Waals surface area contributed by atoms with Crippen molar-refractivity contribution >= 4 is 70.6 Å². The van der Waals surface area contributed by atoms with E-state index >= 15 is 0 Å². The number of hydrogen-bond donors (Lipinski definition) is 0. The Morgan fingerprint density at radius 3 is 1.44 bits per heavy atom. The summed E-state index contributed by atoms with van der Waals surface area (Å²) in [5.41, 5.74) is 14.1. The number of hydrogen-bond acceptors (Lipinski definition) is 5. The van der Waals surface area contributed by atoms with Crippen molar-refractivity contribution in [1.82, 2.24) is 9.97 Å². The molecule has 0 aliphatic rings. The molecule has 1 rings (SSSR count). The van der Waals surface area contributed by atoms with Gasteiger partial charge < -0.3 is 0 Å². The molecule has 0 aliphatic carbocycles. The Labute approximate surface area is 134 Å². The molecule has 18 heavy (non-hydrogen) atoms. The zero-order valence-corrected chi connectivity index (χ0v) is 19.6. The van der Waals surface area contributed by atoms with Crippen LogP contribution in [0, 0.1) is 0 Å². The summed E-state index contributed by atoms with van der Waals surface area (Å²) in [5, 5.41) is 3.41. The summed E-state index contributed by atoms with van der Waals surface area (Å²) in [7, 11) is 5.87. The van der Waals surface area contributed by atoms with E-state index in [-0.39, 0.29) is 0 Å². The van der Waals surface area contributed by atoms with Gasteiger partial charge in [-0.25, -0.2) is 0 Å². The van der Waals surface area contributed by atoms with Gasteiger partial charge in [-0.05, 0) is 0 Å². The van der Waals surface area contributed by atoms with Crippen LogP contribution >= 0.6 is 30.1 Å². The molecule has 0 aromatic carbocycles. The molecule has 0 bridgehead atoms. The molecule has 0 amide bonds. The van der Waals surface area contributed by atoms with Gasteiger partial charge in [0.25, 0.3) is 0 Å². The van der Waals surface area contributed by atoms with E-state index in [1.54, 1.807) is 0 Å². The molecule has 0 saturated heterocycles. The van der Waals surface area contributed by atoms with Gasteiger partial charge in [-0.2, -0.15) is 0 Å². The molecular weight excluding hydrogens is 469 g/mol. The van der Waals surface area contributed by atoms with Crippen molar-refractivity contribution in [3.63, 3.8) is 0 Å². The van der Waals surface area contributed by atoms with Crippen LogP contribution in [-0.2, 0) is 0 Å². The normalized spacial score (nSPS) is 11.8. The van der Waals surface area contributed by atoms with Crippen LogP contribution < -0.4 is 0 Å². The number of aromatic nitrogens is 2. The fourth-order valence-corrected chi connectivity index (χ4v) is 11.6. The molecular formula is C10H19As3N2S3. The molecule has 1 aromatic rings. The Bertz CT molecular complexity index is 319. The van der Waals surface area contributed by atoms with E-state index in [0.717, 1.165) is 5.16 Å². The first-order valence-electron chi connectivity index (χ1n) is 5.32. The van der Waals surface area contributed by atoms with Crippen molar-refractivity contribution in [2.75, 3.05) is 0 Å². The van der Waals surface area contributed by atoms with E-state index < -0.39 is 40.5 Å². The summed E-state index contributed by atoms with van der Waals surface area (Å²) < 4.78 is 0. The first kappa shape index (κ1) is 17.9. The molecule has 8 heteroatoms. The van der Waals surface area contributed by atoms with Crippen LogP contribution in [0.25, 0.3) is 0 Å². The van der Waals surface area contributed by atoms with E-state index in [2.05, 4.69) is 40.3 Å². The molecule has 0 unspecified atom stereocenters. The third-order valence-electron chi connectivity index (χ3n) is 1.48. The van der Waals surface area contributed by atoms with E-state index in [9.17, 15) is 0 Å². The van der Waals surface area contributed by atoms with E-state index in [0.29, 0.717) is 0 Å². The quantitative estimate of drug-likeness (QED) is 0.334. The van der Waals surface area contributed by atoms with Gasteiger partial charge >= 0.3 is 136 Å². The second-order valence-electron chi connectivity index (χ2n) is 4.04. The van der Waals surface area contributed by atoms with Crippen molar-refractivity contribution in [3.05, 3.63) is 6.07 Å². The van der Waals surface area contributed by atoms with Crippen LogP contribution in [-0.4, -0.2) is 50.5 Å². The molecule has 0 aliphatic heterocycles. The van der Waals surface area contributed by atoms with Crippen LogP contribution in [0.5, 0.6) is 0 Å². The van der Waals surface area contributed by atoms with Crippen LogP contribution in [0.1, 0.15) is 0 Å². The fourth-order valence-electron chi connectivity index (χ4n) is 1.06. The van der Waals surface area contributed by atoms with Gasteiger partial charge in [0, 0.05) is 0 Å². The predicted molar refractivity (Wildman–Crippen MR) is 92.0 cm³/mol. The molecule has 0 fully saturated rings. The Balaban J connectivity index is 2.95. The summed E-state index contributed by atoms with van der Waals surface area (Å²) >= 11 is -2.26. The molecule has 2 nitrogen and oxygen atoms in total. The number of nitrogens with zero attached hydrogens (tertiary/aromatic N) is 2. The average molecular weight is 488 g/mol. The van der Waals surface area contributed by atoms with Crippen LogP contribution in [0.15, 0.2) is 21.3 Å². The monoisotopic (exact) mass is 488 g/mol. The van der Waals surface area contributed by atoms with E-state index in [4.69, 9.17) is 9.97 Å². The van der Waals surface area contributed by atoms with Gasteiger partial charge in [0.05, 0.1) is 0 Å². The summed E-state index contributed by atoms with van der Waals surface area (Å²) in [6.07, 6.45) is 0. The van der Waals surface area contributed by atoms with E-state index in [1.807, 2.05) is 30.1 Å². The van der Waals surface area contributed by atoms with Crippen molar-refractivity contribution in [1.29, 1.82) is 0 Å². The zero-order chi connectivity index (χ0) is 13.7. The van der Waals surface area contributed by atoms with Crippen molar-refractivity contribution in [2.45, 2.75) is 49.5 Å². The standard InChI is InChI=1S/C10H19As3N2S3/c1-11(2)16-8-7-9(17-12(3)4)15-10(14-8)18-13(5)6/h7H,1-6H3. The second kappa shape index (κ2) is 8.95. The summed E-state index contributed by atoms with van der Waals surface area (Å²) in [4.78, 5) is 9.42. The first-order chi connectivity index (χ1) is 8.36. The molecule has 1 aromatic heterocycles. The van der Waals surface area contributed by atoms with Gasteiger partial charge in [-0.3, -0.25) is 0 Å². The SMILES string of the molecule is C[As](C)Sc1cc(S[As](C)C)nc(S[As](C)C)n1. The van der Waals surface area contributed by atoms with Gasteiger partial charge in [-0.15, -0.1) is 0 Å². The van der Waals surface area contributed by atoms with Crippen molar-refractivity contribution < 1.29 is 0 Å². The van der Waals surface area contributed by atoms with Gasteiger partial charge in [0.15, 0.2) is 0 Å². The molecule has 0 saturated carbocycles. The predicted octanol–water partition coefficient (Wildman–Crippen LogP) is 4.51. The summed E-state index contributed by atoms with van der Waals surface area (Å²) in [5.74, 6) is 0. The second-order valence-corrected chi connectivity index (χ2v) is 30.8. The van der Waals surface area contributed by atoms with Gasteiger partial charge in [0.2, 0.25) is 0 Å². The zero-order valence-electron chi connectivity index (χ0n) is 11.5. The minimum atomic E-state index is -0.775. The van der Waals surface area contributed by atoms with Crippen LogP contribution in [0.4, 0.5) is 0 Å². The Morgan fingerprint density at radius 1 is 0.722 bits per heavy atom. The Hall–Kier alpha value is 1.81. The molecule has 0 radical (unpaired) electrons. The van der Waals surface area contributed by atoms with Crippen LogP contribution in [0.3, 0.4) is 0 Å². The Kier molecular flexibility index (Phi) is 8.88. The minimum absolute atomic E-state index is 0.741. The fraction of sp³-hybridized carbons (Fsp3) is 0.600. The third-order valence-corrected chi connectivity index (χ3v) is 14.0. The van der Waals surface area contributed by atoms with Crippen LogP contribution in [0.2, 0.25) is 34.3 Å².